The molecule has 0 aliphatic rings. The predicted molar refractivity (Wildman–Crippen MR) is 67.5 cm³/mol. The molecule has 1 heterocycles. The first-order valence-corrected chi connectivity index (χ1v) is 5.40. The van der Waals surface area contributed by atoms with Gasteiger partial charge in [0.05, 0.1) is 5.69 Å². The van der Waals surface area contributed by atoms with Crippen molar-refractivity contribution < 1.29 is 9.90 Å². The number of nitrogens with zero attached hydrogens (tertiary/aromatic N) is 1. The second-order valence-electron chi connectivity index (χ2n) is 3.76. The molecule has 0 radical (unpaired) electrons. The minimum atomic E-state index is -1.29. The molecule has 4 N–H and O–H groups in total. The highest BCUT2D eigenvalue weighted by Crippen LogP contribution is 2.21. The van der Waals surface area contributed by atoms with Crippen molar-refractivity contribution in [2.75, 3.05) is 5.73 Å². The highest BCUT2D eigenvalue weighted by molar-refractivity contribution is 6.30. The first kappa shape index (κ1) is 12.3. The van der Waals surface area contributed by atoms with Gasteiger partial charge in [-0.25, -0.2) is 9.59 Å². The van der Waals surface area contributed by atoms with Gasteiger partial charge >= 0.3 is 11.7 Å². The van der Waals surface area contributed by atoms with Gasteiger partial charge in [0.1, 0.15) is 5.82 Å². The number of carboxylic acid groups (broad SMARTS) is 1. The molecule has 0 amide bonds. The van der Waals surface area contributed by atoms with E-state index < -0.39 is 11.7 Å². The number of carbonyl (C=O) groups is 1. The van der Waals surface area contributed by atoms with Gasteiger partial charge in [-0.05, 0) is 24.6 Å². The third-order valence-corrected chi connectivity index (χ3v) is 2.77. The van der Waals surface area contributed by atoms with E-state index in [2.05, 4.69) is 4.98 Å². The highest BCUT2D eigenvalue weighted by Gasteiger charge is 2.20. The topological polar surface area (TPSA) is 101 Å². The zero-order valence-electron chi connectivity index (χ0n) is 9.40. The number of hydrogen-bond donors (Lipinski definition) is 3. The molecule has 0 unspecified atom stereocenters. The summed E-state index contributed by atoms with van der Waals surface area (Å²) >= 11 is 5.85. The fourth-order valence-corrected chi connectivity index (χ4v) is 1.88. The maximum atomic E-state index is 11.8. The van der Waals surface area contributed by atoms with Crippen LogP contribution < -0.4 is 11.4 Å². The number of hydrogen-bond acceptors (Lipinski definition) is 3. The number of benzene rings is 1. The molecule has 0 bridgehead atoms. The summed E-state index contributed by atoms with van der Waals surface area (Å²) in [5, 5.41) is 9.49. The van der Waals surface area contributed by atoms with Crippen LogP contribution in [0.1, 0.15) is 16.1 Å². The van der Waals surface area contributed by atoms with Crippen LogP contribution in [0.15, 0.2) is 23.0 Å². The number of nitrogen functional groups attached to an aromatic ring is 1. The molecule has 0 aliphatic carbocycles. The molecule has 94 valence electrons. The summed E-state index contributed by atoms with van der Waals surface area (Å²) in [6, 6.07) is 4.86. The van der Waals surface area contributed by atoms with E-state index in [1.165, 1.54) is 6.07 Å². The van der Waals surface area contributed by atoms with Gasteiger partial charge in [0.25, 0.3) is 0 Å². The van der Waals surface area contributed by atoms with E-state index in [1.807, 2.05) is 0 Å². The molecule has 1 aromatic carbocycles. The van der Waals surface area contributed by atoms with Gasteiger partial charge in [-0.3, -0.25) is 9.55 Å². The first-order chi connectivity index (χ1) is 8.41. The summed E-state index contributed by atoms with van der Waals surface area (Å²) < 4.78 is 0.999. The summed E-state index contributed by atoms with van der Waals surface area (Å²) in [7, 11) is 0. The molecule has 0 saturated heterocycles. The Hall–Kier alpha value is -2.21. The minimum absolute atomic E-state index is 0.188. The van der Waals surface area contributed by atoms with E-state index in [-0.39, 0.29) is 11.5 Å². The Labute approximate surface area is 107 Å². The maximum absolute atomic E-state index is 11.8. The smallest absolute Gasteiger partial charge is 0.356 e. The van der Waals surface area contributed by atoms with Gasteiger partial charge in [0.15, 0.2) is 5.69 Å². The zero-order valence-corrected chi connectivity index (χ0v) is 10.2. The fraction of sp³-hybridized carbons (Fsp3) is 0.0909. The van der Waals surface area contributed by atoms with Crippen molar-refractivity contribution in [1.82, 2.24) is 9.55 Å². The molecule has 0 spiro atoms. The van der Waals surface area contributed by atoms with Crippen LogP contribution in [0, 0.1) is 6.92 Å². The van der Waals surface area contributed by atoms with E-state index in [1.54, 1.807) is 19.1 Å². The van der Waals surface area contributed by atoms with E-state index in [0.717, 1.165) is 4.57 Å². The average molecular weight is 268 g/mol. The van der Waals surface area contributed by atoms with E-state index in [0.29, 0.717) is 16.3 Å². The second-order valence-corrected chi connectivity index (χ2v) is 4.20. The lowest BCUT2D eigenvalue weighted by Crippen LogP contribution is -2.20. The van der Waals surface area contributed by atoms with Crippen LogP contribution in [0.25, 0.3) is 5.69 Å². The van der Waals surface area contributed by atoms with E-state index >= 15 is 0 Å². The molecule has 0 saturated carbocycles. The largest absolute Gasteiger partial charge is 0.476 e. The normalized spacial score (nSPS) is 10.6. The molecular formula is C11H10ClN3O3. The van der Waals surface area contributed by atoms with Crippen LogP contribution in [0.2, 0.25) is 5.02 Å². The highest BCUT2D eigenvalue weighted by atomic mass is 35.5. The molecule has 7 heteroatoms. The molecule has 6 nitrogen and oxygen atoms in total. The minimum Gasteiger partial charge on any atom is -0.476 e. The predicted octanol–water partition coefficient (Wildman–Crippen LogP) is 1.41. The lowest BCUT2D eigenvalue weighted by Gasteiger charge is -2.08. The quantitative estimate of drug-likeness (QED) is 0.765. The van der Waals surface area contributed by atoms with Crippen LogP contribution in [0.5, 0.6) is 0 Å². The van der Waals surface area contributed by atoms with Gasteiger partial charge in [0, 0.05) is 5.02 Å². The summed E-state index contributed by atoms with van der Waals surface area (Å²) in [6.07, 6.45) is 0. The van der Waals surface area contributed by atoms with Gasteiger partial charge in [0.2, 0.25) is 0 Å². The number of nitrogens with two attached hydrogens (primary N) is 1. The number of imidazole rings is 1. The number of rotatable bonds is 2. The van der Waals surface area contributed by atoms with Gasteiger partial charge in [-0.15, -0.1) is 0 Å². The molecule has 1 aromatic heterocycles. The van der Waals surface area contributed by atoms with E-state index in [4.69, 9.17) is 22.4 Å². The Kier molecular flexibility index (Phi) is 2.88. The molecule has 18 heavy (non-hydrogen) atoms. The molecule has 0 atom stereocenters. The number of nitrogens with one attached hydrogen (secondary N) is 1. The number of aromatic amines is 1. The van der Waals surface area contributed by atoms with Gasteiger partial charge in [-0.1, -0.05) is 17.7 Å². The Morgan fingerprint density at radius 2 is 2.17 bits per heavy atom. The Morgan fingerprint density at radius 1 is 1.50 bits per heavy atom. The Balaban J connectivity index is 2.82. The van der Waals surface area contributed by atoms with Gasteiger partial charge < -0.3 is 10.8 Å². The summed E-state index contributed by atoms with van der Waals surface area (Å²) in [6.45, 7) is 1.74. The van der Waals surface area contributed by atoms with E-state index in [9.17, 15) is 9.59 Å². The van der Waals surface area contributed by atoms with Crippen molar-refractivity contribution in [2.45, 2.75) is 6.92 Å². The monoisotopic (exact) mass is 267 g/mol. The second kappa shape index (κ2) is 4.23. The number of aryl methyl sites for hydroxylation is 1. The number of anilines is 1. The SMILES string of the molecule is Cc1ccc(Cl)cc1-n1c(C(=O)O)c(N)[nH]c1=O. The lowest BCUT2D eigenvalue weighted by molar-refractivity contribution is 0.0689. The average Bonchev–Trinajstić information content (AvgIpc) is 2.57. The van der Waals surface area contributed by atoms with Crippen molar-refractivity contribution >= 4 is 23.4 Å². The number of halogens is 1. The summed E-state index contributed by atoms with van der Waals surface area (Å²) in [5.41, 5.74) is 5.66. The third kappa shape index (κ3) is 1.86. The fourth-order valence-electron chi connectivity index (χ4n) is 1.72. The first-order valence-electron chi connectivity index (χ1n) is 5.02. The summed E-state index contributed by atoms with van der Waals surface area (Å²) in [4.78, 5) is 25.1. The Bertz CT molecular complexity index is 687. The molecular weight excluding hydrogens is 258 g/mol. The number of H-pyrrole nitrogens is 1. The van der Waals surface area contributed by atoms with Crippen molar-refractivity contribution in [1.29, 1.82) is 0 Å². The number of aromatic carboxylic acids is 1. The molecule has 0 fully saturated rings. The lowest BCUT2D eigenvalue weighted by atomic mass is 10.2. The standard InChI is InChI=1S/C11H10ClN3O3/c1-5-2-3-6(12)4-7(5)15-8(10(16)17)9(13)14-11(15)18/h2-4H,13H2,1H3,(H,14,18)(H,16,17). The number of carboxylic acids is 1. The van der Waals surface area contributed by atoms with Crippen molar-refractivity contribution in [2.24, 2.45) is 0 Å². The molecule has 0 aliphatic heterocycles. The molecule has 2 rings (SSSR count). The Morgan fingerprint density at radius 3 is 2.78 bits per heavy atom. The van der Waals surface area contributed by atoms with Crippen LogP contribution in [0.3, 0.4) is 0 Å². The van der Waals surface area contributed by atoms with Crippen LogP contribution >= 0.6 is 11.6 Å². The third-order valence-electron chi connectivity index (χ3n) is 2.54. The van der Waals surface area contributed by atoms with Crippen LogP contribution in [0.4, 0.5) is 5.82 Å². The van der Waals surface area contributed by atoms with Crippen LogP contribution in [-0.2, 0) is 0 Å². The number of aromatic nitrogens is 2. The van der Waals surface area contributed by atoms with Gasteiger partial charge in [-0.2, -0.15) is 0 Å². The van der Waals surface area contributed by atoms with Crippen molar-refractivity contribution in [3.05, 3.63) is 45.0 Å². The zero-order chi connectivity index (χ0) is 13.4. The van der Waals surface area contributed by atoms with Crippen molar-refractivity contribution in [3.63, 3.8) is 0 Å². The van der Waals surface area contributed by atoms with Crippen molar-refractivity contribution in [3.8, 4) is 5.69 Å². The van der Waals surface area contributed by atoms with Crippen LogP contribution in [-0.4, -0.2) is 20.6 Å². The summed E-state index contributed by atoms with van der Waals surface area (Å²) in [5.74, 6) is -1.47. The molecule has 2 aromatic rings. The maximum Gasteiger partial charge on any atom is 0.356 e.